The second-order valence-corrected chi connectivity index (χ2v) is 3.79. The SMILES string of the molecule is Cc1ccc(C=CCCBr)cc1N. The average Bonchev–Trinajstić information content (AvgIpc) is 2.12. The van der Waals surface area contributed by atoms with E-state index in [0.717, 1.165) is 23.0 Å². The van der Waals surface area contributed by atoms with Crippen molar-refractivity contribution in [2.75, 3.05) is 11.1 Å². The van der Waals surface area contributed by atoms with Gasteiger partial charge in [0.1, 0.15) is 0 Å². The normalized spacial score (nSPS) is 10.9. The van der Waals surface area contributed by atoms with Gasteiger partial charge in [0.25, 0.3) is 0 Å². The van der Waals surface area contributed by atoms with E-state index < -0.39 is 0 Å². The van der Waals surface area contributed by atoms with E-state index in [9.17, 15) is 0 Å². The third-order valence-electron chi connectivity index (χ3n) is 1.89. The Hall–Kier alpha value is -0.760. The van der Waals surface area contributed by atoms with Crippen LogP contribution in [0.5, 0.6) is 0 Å². The first-order chi connectivity index (χ1) is 6.24. The minimum Gasteiger partial charge on any atom is -0.398 e. The minimum absolute atomic E-state index is 0.862. The van der Waals surface area contributed by atoms with Crippen LogP contribution in [0.15, 0.2) is 24.3 Å². The standard InChI is InChI=1S/C11H14BrN/c1-9-5-6-10(8-11(9)13)4-2-3-7-12/h2,4-6,8H,3,7,13H2,1H3. The summed E-state index contributed by atoms with van der Waals surface area (Å²) in [6, 6.07) is 6.12. The molecule has 0 heterocycles. The number of hydrogen-bond acceptors (Lipinski definition) is 1. The summed E-state index contributed by atoms with van der Waals surface area (Å²) in [6.45, 7) is 2.02. The molecule has 1 aromatic rings. The van der Waals surface area contributed by atoms with E-state index in [4.69, 9.17) is 5.73 Å². The molecule has 1 aromatic carbocycles. The van der Waals surface area contributed by atoms with Crippen molar-refractivity contribution in [3.8, 4) is 0 Å². The molecule has 1 rings (SSSR count). The van der Waals surface area contributed by atoms with Crippen molar-refractivity contribution in [1.82, 2.24) is 0 Å². The molecule has 0 atom stereocenters. The van der Waals surface area contributed by atoms with E-state index in [0.29, 0.717) is 0 Å². The van der Waals surface area contributed by atoms with E-state index in [1.165, 1.54) is 5.56 Å². The number of anilines is 1. The summed E-state index contributed by atoms with van der Waals surface area (Å²) < 4.78 is 0. The van der Waals surface area contributed by atoms with Crippen LogP contribution in [0.1, 0.15) is 17.5 Å². The van der Waals surface area contributed by atoms with Crippen molar-refractivity contribution >= 4 is 27.7 Å². The van der Waals surface area contributed by atoms with E-state index in [1.54, 1.807) is 0 Å². The Morgan fingerprint density at radius 1 is 1.46 bits per heavy atom. The van der Waals surface area contributed by atoms with Gasteiger partial charge >= 0.3 is 0 Å². The fourth-order valence-electron chi connectivity index (χ4n) is 1.05. The molecule has 1 nitrogen and oxygen atoms in total. The zero-order valence-electron chi connectivity index (χ0n) is 7.76. The Labute approximate surface area is 87.8 Å². The average molecular weight is 240 g/mol. The highest BCUT2D eigenvalue weighted by Gasteiger charge is 1.92. The predicted octanol–water partition coefficient (Wildman–Crippen LogP) is 3.38. The van der Waals surface area contributed by atoms with Gasteiger partial charge in [-0.1, -0.05) is 40.2 Å². The molecule has 13 heavy (non-hydrogen) atoms. The lowest BCUT2D eigenvalue weighted by atomic mass is 10.1. The summed E-state index contributed by atoms with van der Waals surface area (Å²) in [5.74, 6) is 0. The van der Waals surface area contributed by atoms with Crippen molar-refractivity contribution in [2.24, 2.45) is 0 Å². The predicted molar refractivity (Wildman–Crippen MR) is 63.0 cm³/mol. The van der Waals surface area contributed by atoms with E-state index >= 15 is 0 Å². The van der Waals surface area contributed by atoms with Crippen LogP contribution in [0.4, 0.5) is 5.69 Å². The number of nitrogens with two attached hydrogens (primary N) is 1. The number of rotatable bonds is 3. The molecule has 0 saturated heterocycles. The molecular formula is C11H14BrN. The van der Waals surface area contributed by atoms with Gasteiger partial charge in [-0.3, -0.25) is 0 Å². The fraction of sp³-hybridized carbons (Fsp3) is 0.273. The molecule has 0 saturated carbocycles. The number of benzene rings is 1. The first kappa shape index (κ1) is 10.3. The highest BCUT2D eigenvalue weighted by atomic mass is 79.9. The van der Waals surface area contributed by atoms with Gasteiger partial charge in [-0.25, -0.2) is 0 Å². The molecule has 0 radical (unpaired) electrons. The van der Waals surface area contributed by atoms with Gasteiger partial charge in [0, 0.05) is 11.0 Å². The Kier molecular flexibility index (Phi) is 4.03. The number of aryl methyl sites for hydroxylation is 1. The molecule has 0 aliphatic rings. The van der Waals surface area contributed by atoms with Crippen molar-refractivity contribution in [3.63, 3.8) is 0 Å². The molecule has 0 aliphatic heterocycles. The second kappa shape index (κ2) is 5.07. The molecule has 70 valence electrons. The Balaban J connectivity index is 2.73. The molecule has 0 aromatic heterocycles. The second-order valence-electron chi connectivity index (χ2n) is 3.00. The van der Waals surface area contributed by atoms with Gasteiger partial charge in [-0.15, -0.1) is 0 Å². The molecule has 0 amide bonds. The van der Waals surface area contributed by atoms with Gasteiger partial charge in [0.05, 0.1) is 0 Å². The summed E-state index contributed by atoms with van der Waals surface area (Å²) >= 11 is 3.37. The summed E-state index contributed by atoms with van der Waals surface area (Å²) in [5, 5.41) is 1.00. The van der Waals surface area contributed by atoms with Crippen LogP contribution in [0, 0.1) is 6.92 Å². The zero-order chi connectivity index (χ0) is 9.68. The van der Waals surface area contributed by atoms with Gasteiger partial charge in [-0.05, 0) is 30.5 Å². The Morgan fingerprint density at radius 3 is 2.85 bits per heavy atom. The van der Waals surface area contributed by atoms with Crippen LogP contribution >= 0.6 is 15.9 Å². The molecule has 2 N–H and O–H groups in total. The van der Waals surface area contributed by atoms with Crippen LogP contribution in [-0.4, -0.2) is 5.33 Å². The van der Waals surface area contributed by atoms with Crippen LogP contribution in [-0.2, 0) is 0 Å². The topological polar surface area (TPSA) is 26.0 Å². The maximum Gasteiger partial charge on any atom is 0.0349 e. The fourth-order valence-corrected chi connectivity index (χ4v) is 1.31. The lowest BCUT2D eigenvalue weighted by Crippen LogP contribution is -1.89. The molecule has 0 aliphatic carbocycles. The van der Waals surface area contributed by atoms with Gasteiger partial charge < -0.3 is 5.73 Å². The molecular weight excluding hydrogens is 226 g/mol. The summed E-state index contributed by atoms with van der Waals surface area (Å²) in [5.41, 5.74) is 8.95. The first-order valence-electron chi connectivity index (χ1n) is 4.32. The molecule has 0 fully saturated rings. The highest BCUT2D eigenvalue weighted by molar-refractivity contribution is 9.09. The third kappa shape index (κ3) is 3.23. The van der Waals surface area contributed by atoms with E-state index in [-0.39, 0.29) is 0 Å². The number of alkyl halides is 1. The highest BCUT2D eigenvalue weighted by Crippen LogP contribution is 2.14. The number of hydrogen-bond donors (Lipinski definition) is 1. The monoisotopic (exact) mass is 239 g/mol. The van der Waals surface area contributed by atoms with Crippen molar-refractivity contribution in [2.45, 2.75) is 13.3 Å². The number of halogens is 1. The van der Waals surface area contributed by atoms with Gasteiger partial charge in [0.15, 0.2) is 0 Å². The first-order valence-corrected chi connectivity index (χ1v) is 5.45. The smallest absolute Gasteiger partial charge is 0.0349 e. The molecule has 0 spiro atoms. The molecule has 2 heteroatoms. The lowest BCUT2D eigenvalue weighted by molar-refractivity contribution is 1.27. The maximum atomic E-state index is 5.78. The van der Waals surface area contributed by atoms with Crippen LogP contribution in [0.25, 0.3) is 6.08 Å². The minimum atomic E-state index is 0.862. The van der Waals surface area contributed by atoms with Crippen LogP contribution in [0.3, 0.4) is 0 Å². The van der Waals surface area contributed by atoms with Crippen molar-refractivity contribution in [3.05, 3.63) is 35.4 Å². The summed E-state index contributed by atoms with van der Waals surface area (Å²) in [6.07, 6.45) is 5.28. The summed E-state index contributed by atoms with van der Waals surface area (Å²) in [4.78, 5) is 0. The van der Waals surface area contributed by atoms with E-state index in [2.05, 4.69) is 34.1 Å². The van der Waals surface area contributed by atoms with Crippen molar-refractivity contribution in [1.29, 1.82) is 0 Å². The molecule has 0 unspecified atom stereocenters. The Morgan fingerprint density at radius 2 is 2.23 bits per heavy atom. The maximum absolute atomic E-state index is 5.78. The number of allylic oxidation sites excluding steroid dienone is 1. The molecule has 0 bridgehead atoms. The third-order valence-corrected chi connectivity index (χ3v) is 2.35. The quantitative estimate of drug-likeness (QED) is 0.636. The Bertz CT molecular complexity index is 305. The number of nitrogen functional groups attached to an aromatic ring is 1. The lowest BCUT2D eigenvalue weighted by Gasteiger charge is -2.00. The largest absolute Gasteiger partial charge is 0.398 e. The van der Waals surface area contributed by atoms with E-state index in [1.807, 2.05) is 19.1 Å². The van der Waals surface area contributed by atoms with Crippen molar-refractivity contribution < 1.29 is 0 Å². The van der Waals surface area contributed by atoms with Crippen LogP contribution in [0.2, 0.25) is 0 Å². The van der Waals surface area contributed by atoms with Gasteiger partial charge in [0.2, 0.25) is 0 Å². The van der Waals surface area contributed by atoms with Crippen LogP contribution < -0.4 is 5.73 Å². The van der Waals surface area contributed by atoms with Gasteiger partial charge in [-0.2, -0.15) is 0 Å². The summed E-state index contributed by atoms with van der Waals surface area (Å²) in [7, 11) is 0. The zero-order valence-corrected chi connectivity index (χ0v) is 9.34.